The van der Waals surface area contributed by atoms with Gasteiger partial charge in [0.15, 0.2) is 0 Å². The number of thiophene rings is 2. The molecule has 3 heterocycles. The second kappa shape index (κ2) is 3.60. The summed E-state index contributed by atoms with van der Waals surface area (Å²) in [5.41, 5.74) is 0. The summed E-state index contributed by atoms with van der Waals surface area (Å²) in [7, 11) is 0. The van der Waals surface area contributed by atoms with Crippen LogP contribution in [0.4, 0.5) is 0 Å². The largest absolute Gasteiger partial charge is 0.333 e. The van der Waals surface area contributed by atoms with E-state index in [2.05, 4.69) is 10.1 Å². The summed E-state index contributed by atoms with van der Waals surface area (Å²) in [6.07, 6.45) is 0. The minimum absolute atomic E-state index is 0.591. The van der Waals surface area contributed by atoms with Crippen molar-refractivity contribution >= 4 is 22.7 Å². The van der Waals surface area contributed by atoms with Crippen molar-refractivity contribution in [1.29, 1.82) is 0 Å². The maximum atomic E-state index is 5.19. The molecule has 74 valence electrons. The molecule has 3 rings (SSSR count). The number of nitrogens with zero attached hydrogens (tertiary/aromatic N) is 2. The zero-order valence-corrected chi connectivity index (χ0v) is 9.22. The van der Waals surface area contributed by atoms with Crippen molar-refractivity contribution in [2.75, 3.05) is 0 Å². The predicted molar refractivity (Wildman–Crippen MR) is 60.9 cm³/mol. The molecular formula is C10H6N2OS2. The lowest BCUT2D eigenvalue weighted by Crippen LogP contribution is -1.74. The fourth-order valence-corrected chi connectivity index (χ4v) is 2.52. The number of hydrogen-bond donors (Lipinski definition) is 0. The van der Waals surface area contributed by atoms with Gasteiger partial charge in [0, 0.05) is 0 Å². The Morgan fingerprint density at radius 3 is 2.40 bits per heavy atom. The topological polar surface area (TPSA) is 38.9 Å². The normalized spacial score (nSPS) is 10.7. The summed E-state index contributed by atoms with van der Waals surface area (Å²) in [4.78, 5) is 6.37. The van der Waals surface area contributed by atoms with E-state index in [1.54, 1.807) is 22.7 Å². The summed E-state index contributed by atoms with van der Waals surface area (Å²) in [5.74, 6) is 1.25. The molecule has 15 heavy (non-hydrogen) atoms. The predicted octanol–water partition coefficient (Wildman–Crippen LogP) is 3.53. The van der Waals surface area contributed by atoms with E-state index in [1.807, 2.05) is 35.0 Å². The first-order valence-electron chi connectivity index (χ1n) is 4.35. The average molecular weight is 234 g/mol. The molecule has 0 fully saturated rings. The Balaban J connectivity index is 2.02. The molecule has 0 aliphatic rings. The summed E-state index contributed by atoms with van der Waals surface area (Å²) < 4.78 is 5.19. The summed E-state index contributed by atoms with van der Waals surface area (Å²) >= 11 is 3.20. The lowest BCUT2D eigenvalue weighted by molar-refractivity contribution is 0.433. The van der Waals surface area contributed by atoms with Gasteiger partial charge in [0.25, 0.3) is 5.89 Å². The zero-order valence-electron chi connectivity index (χ0n) is 7.58. The second-order valence-corrected chi connectivity index (χ2v) is 4.77. The molecule has 5 heteroatoms. The van der Waals surface area contributed by atoms with Gasteiger partial charge in [-0.2, -0.15) is 4.98 Å². The first-order valence-corrected chi connectivity index (χ1v) is 6.11. The summed E-state index contributed by atoms with van der Waals surface area (Å²) in [5, 5.41) is 7.93. The molecule has 0 atom stereocenters. The van der Waals surface area contributed by atoms with Crippen LogP contribution in [0.25, 0.3) is 21.5 Å². The van der Waals surface area contributed by atoms with Crippen molar-refractivity contribution in [3.63, 3.8) is 0 Å². The highest BCUT2D eigenvalue weighted by Gasteiger charge is 2.11. The molecule has 0 N–H and O–H groups in total. The molecule has 0 aromatic carbocycles. The molecule has 0 unspecified atom stereocenters. The zero-order chi connectivity index (χ0) is 10.1. The second-order valence-electron chi connectivity index (χ2n) is 2.88. The van der Waals surface area contributed by atoms with Crippen LogP contribution < -0.4 is 0 Å². The van der Waals surface area contributed by atoms with Crippen molar-refractivity contribution in [1.82, 2.24) is 10.1 Å². The molecule has 0 bridgehead atoms. The monoisotopic (exact) mass is 234 g/mol. The lowest BCUT2D eigenvalue weighted by Gasteiger charge is -1.83. The van der Waals surface area contributed by atoms with Crippen LogP contribution in [0.3, 0.4) is 0 Å². The molecule has 0 amide bonds. The van der Waals surface area contributed by atoms with Crippen LogP contribution >= 0.6 is 22.7 Å². The van der Waals surface area contributed by atoms with E-state index in [-0.39, 0.29) is 0 Å². The molecule has 0 radical (unpaired) electrons. The van der Waals surface area contributed by atoms with Crippen LogP contribution in [0, 0.1) is 0 Å². The highest BCUT2D eigenvalue weighted by molar-refractivity contribution is 7.13. The van der Waals surface area contributed by atoms with Crippen LogP contribution in [-0.2, 0) is 0 Å². The Morgan fingerprint density at radius 1 is 1.00 bits per heavy atom. The number of rotatable bonds is 2. The van der Waals surface area contributed by atoms with E-state index >= 15 is 0 Å². The van der Waals surface area contributed by atoms with Gasteiger partial charge in [-0.1, -0.05) is 17.3 Å². The van der Waals surface area contributed by atoms with Crippen LogP contribution in [-0.4, -0.2) is 10.1 Å². The number of hydrogen-bond acceptors (Lipinski definition) is 5. The van der Waals surface area contributed by atoms with Gasteiger partial charge in [-0.3, -0.25) is 0 Å². The van der Waals surface area contributed by atoms with E-state index in [9.17, 15) is 0 Å². The van der Waals surface area contributed by atoms with E-state index in [1.165, 1.54) is 0 Å². The fraction of sp³-hybridized carbons (Fsp3) is 0. The van der Waals surface area contributed by atoms with Crippen LogP contribution in [0.2, 0.25) is 0 Å². The third kappa shape index (κ3) is 1.60. The maximum absolute atomic E-state index is 5.19. The van der Waals surface area contributed by atoms with Crippen molar-refractivity contribution in [2.24, 2.45) is 0 Å². The SMILES string of the molecule is c1csc(-c2noc(-c3cccs3)n2)c1. The fourth-order valence-electron chi connectivity index (χ4n) is 1.23. The standard InChI is InChI=1S/C10H6N2OS2/c1-3-7(14-5-1)9-11-10(13-12-9)8-4-2-6-15-8/h1-6H. The molecule has 3 aromatic rings. The summed E-state index contributed by atoms with van der Waals surface area (Å²) in [6.45, 7) is 0. The highest BCUT2D eigenvalue weighted by Crippen LogP contribution is 2.27. The molecule has 3 aromatic heterocycles. The van der Waals surface area contributed by atoms with Gasteiger partial charge < -0.3 is 4.52 Å². The Bertz CT molecular complexity index is 491. The van der Waals surface area contributed by atoms with Crippen molar-refractivity contribution < 1.29 is 4.52 Å². The Morgan fingerprint density at radius 2 is 1.73 bits per heavy atom. The van der Waals surface area contributed by atoms with Gasteiger partial charge in [0.2, 0.25) is 5.82 Å². The first kappa shape index (κ1) is 8.82. The molecule has 0 saturated heterocycles. The molecular weight excluding hydrogens is 228 g/mol. The van der Waals surface area contributed by atoms with Crippen LogP contribution in [0.15, 0.2) is 39.5 Å². The van der Waals surface area contributed by atoms with Gasteiger partial charge in [0.1, 0.15) is 0 Å². The molecule has 0 spiro atoms. The first-order chi connectivity index (χ1) is 7.43. The lowest BCUT2D eigenvalue weighted by atomic mass is 10.4. The third-order valence-corrected chi connectivity index (χ3v) is 3.62. The van der Waals surface area contributed by atoms with Gasteiger partial charge in [-0.05, 0) is 22.9 Å². The van der Waals surface area contributed by atoms with E-state index in [0.717, 1.165) is 9.75 Å². The van der Waals surface area contributed by atoms with Gasteiger partial charge in [-0.15, -0.1) is 22.7 Å². The van der Waals surface area contributed by atoms with Crippen LogP contribution in [0.5, 0.6) is 0 Å². The smallest absolute Gasteiger partial charge is 0.268 e. The minimum atomic E-state index is 0.591. The van der Waals surface area contributed by atoms with E-state index < -0.39 is 0 Å². The van der Waals surface area contributed by atoms with Gasteiger partial charge in [-0.25, -0.2) is 0 Å². The van der Waals surface area contributed by atoms with E-state index in [4.69, 9.17) is 4.52 Å². The van der Waals surface area contributed by atoms with Crippen molar-refractivity contribution in [3.8, 4) is 21.5 Å². The quantitative estimate of drug-likeness (QED) is 0.681. The molecule has 3 nitrogen and oxygen atoms in total. The van der Waals surface area contributed by atoms with Crippen LogP contribution in [0.1, 0.15) is 0 Å². The molecule has 0 aliphatic heterocycles. The molecule has 0 aliphatic carbocycles. The van der Waals surface area contributed by atoms with Gasteiger partial charge in [0.05, 0.1) is 9.75 Å². The van der Waals surface area contributed by atoms with Gasteiger partial charge >= 0.3 is 0 Å². The Hall–Kier alpha value is -1.46. The Kier molecular flexibility index (Phi) is 2.12. The molecule has 0 saturated carbocycles. The maximum Gasteiger partial charge on any atom is 0.268 e. The minimum Gasteiger partial charge on any atom is -0.333 e. The summed E-state index contributed by atoms with van der Waals surface area (Å²) in [6, 6.07) is 7.89. The average Bonchev–Trinajstić information content (AvgIpc) is 3.02. The Labute approximate surface area is 94.0 Å². The van der Waals surface area contributed by atoms with Crippen molar-refractivity contribution in [3.05, 3.63) is 35.0 Å². The van der Waals surface area contributed by atoms with Crippen molar-refractivity contribution in [2.45, 2.75) is 0 Å². The number of aromatic nitrogens is 2. The highest BCUT2D eigenvalue weighted by atomic mass is 32.1. The van der Waals surface area contributed by atoms with E-state index in [0.29, 0.717) is 11.7 Å². The third-order valence-electron chi connectivity index (χ3n) is 1.90.